The van der Waals surface area contributed by atoms with Crippen LogP contribution in [0.5, 0.6) is 0 Å². The summed E-state index contributed by atoms with van der Waals surface area (Å²) in [4.78, 5) is 23.9. The molecule has 2 aromatic heterocycles. The van der Waals surface area contributed by atoms with Gasteiger partial charge in [0.15, 0.2) is 0 Å². The van der Waals surface area contributed by atoms with Crippen molar-refractivity contribution in [3.8, 4) is 11.1 Å². The molecule has 160 valence electrons. The summed E-state index contributed by atoms with van der Waals surface area (Å²) in [5.41, 5.74) is 11.7. The van der Waals surface area contributed by atoms with E-state index in [1.54, 1.807) is 24.7 Å². The number of nitrogens with one attached hydrogen (secondary N) is 2. The van der Waals surface area contributed by atoms with E-state index < -0.39 is 0 Å². The van der Waals surface area contributed by atoms with E-state index in [9.17, 15) is 4.79 Å². The Balaban J connectivity index is 1.38. The van der Waals surface area contributed by atoms with Crippen molar-refractivity contribution in [1.29, 1.82) is 0 Å². The van der Waals surface area contributed by atoms with E-state index in [1.165, 1.54) is 0 Å². The highest BCUT2D eigenvalue weighted by Crippen LogP contribution is 2.28. The molecule has 1 amide bonds. The number of nitrogen functional groups attached to an aromatic ring is 1. The third kappa shape index (κ3) is 4.10. The molecule has 0 aliphatic carbocycles. The number of fused-ring (bicyclic) bond motifs is 1. The summed E-state index contributed by atoms with van der Waals surface area (Å²) >= 11 is 0. The first-order valence-electron chi connectivity index (χ1n) is 10.6. The summed E-state index contributed by atoms with van der Waals surface area (Å²) in [6.07, 6.45) is 5.08. The maximum absolute atomic E-state index is 12.9. The van der Waals surface area contributed by atoms with Crippen LogP contribution in [0.25, 0.3) is 22.0 Å². The Hall–Kier alpha value is -3.97. The quantitative estimate of drug-likeness (QED) is 0.434. The Morgan fingerprint density at radius 3 is 2.59 bits per heavy atom. The van der Waals surface area contributed by atoms with Gasteiger partial charge in [0.1, 0.15) is 0 Å². The van der Waals surface area contributed by atoms with Crippen LogP contribution in [0.3, 0.4) is 0 Å². The predicted molar refractivity (Wildman–Crippen MR) is 129 cm³/mol. The Morgan fingerprint density at radius 2 is 1.78 bits per heavy atom. The van der Waals surface area contributed by atoms with Crippen LogP contribution in [0.4, 0.5) is 17.1 Å². The summed E-state index contributed by atoms with van der Waals surface area (Å²) in [6.45, 7) is 3.92. The second kappa shape index (κ2) is 8.64. The Bertz CT molecular complexity index is 1270. The molecule has 1 fully saturated rings. The second-order valence-corrected chi connectivity index (χ2v) is 7.83. The Kier molecular flexibility index (Phi) is 5.39. The standard InChI is InChI=1S/C25H24N6O/c26-22-4-2-18(17-5-7-27-8-6-17)14-24(22)30-25(32)20-13-19-1-3-21(15-23(19)29-16-20)31-11-9-28-10-12-31/h1-8,13-16,28H,9-12,26H2,(H,30,32). The number of benzene rings is 2. The lowest BCUT2D eigenvalue weighted by Crippen LogP contribution is -2.43. The predicted octanol–water partition coefficient (Wildman–Crippen LogP) is 3.54. The van der Waals surface area contributed by atoms with Crippen molar-refractivity contribution in [2.75, 3.05) is 42.1 Å². The van der Waals surface area contributed by atoms with E-state index in [4.69, 9.17) is 5.73 Å². The van der Waals surface area contributed by atoms with Crippen molar-refractivity contribution in [3.05, 3.63) is 78.8 Å². The first-order chi connectivity index (χ1) is 15.7. The molecule has 3 heterocycles. The van der Waals surface area contributed by atoms with Gasteiger partial charge in [-0.2, -0.15) is 0 Å². The van der Waals surface area contributed by atoms with Crippen LogP contribution in [-0.4, -0.2) is 42.1 Å². The molecule has 7 heteroatoms. The lowest BCUT2D eigenvalue weighted by atomic mass is 10.1. The van der Waals surface area contributed by atoms with Crippen molar-refractivity contribution in [1.82, 2.24) is 15.3 Å². The average Bonchev–Trinajstić information content (AvgIpc) is 2.85. The molecule has 32 heavy (non-hydrogen) atoms. The Morgan fingerprint density at radius 1 is 0.969 bits per heavy atom. The normalized spacial score (nSPS) is 13.8. The number of hydrogen-bond acceptors (Lipinski definition) is 6. The molecular weight excluding hydrogens is 400 g/mol. The molecule has 0 atom stereocenters. The van der Waals surface area contributed by atoms with E-state index in [0.717, 1.165) is 53.9 Å². The van der Waals surface area contributed by atoms with Gasteiger partial charge in [-0.05, 0) is 53.6 Å². The minimum atomic E-state index is -0.246. The fraction of sp³-hybridized carbons (Fsp3) is 0.160. The van der Waals surface area contributed by atoms with Crippen molar-refractivity contribution >= 4 is 33.9 Å². The molecule has 0 spiro atoms. The van der Waals surface area contributed by atoms with Crippen LogP contribution in [0, 0.1) is 0 Å². The number of aromatic nitrogens is 2. The molecule has 2 aromatic carbocycles. The van der Waals surface area contributed by atoms with Crippen LogP contribution < -0.4 is 21.3 Å². The molecule has 1 aliphatic rings. The van der Waals surface area contributed by atoms with Crippen LogP contribution in [0.2, 0.25) is 0 Å². The number of amides is 1. The minimum absolute atomic E-state index is 0.246. The van der Waals surface area contributed by atoms with Crippen LogP contribution in [0.1, 0.15) is 10.4 Å². The van der Waals surface area contributed by atoms with Gasteiger partial charge >= 0.3 is 0 Å². The van der Waals surface area contributed by atoms with Gasteiger partial charge in [-0.15, -0.1) is 0 Å². The molecular formula is C25H24N6O. The van der Waals surface area contributed by atoms with E-state index in [-0.39, 0.29) is 5.91 Å². The number of carbonyl (C=O) groups excluding carboxylic acids is 1. The second-order valence-electron chi connectivity index (χ2n) is 7.83. The average molecular weight is 425 g/mol. The van der Waals surface area contributed by atoms with Crippen molar-refractivity contribution in [2.24, 2.45) is 0 Å². The largest absolute Gasteiger partial charge is 0.397 e. The summed E-state index contributed by atoms with van der Waals surface area (Å²) in [7, 11) is 0. The van der Waals surface area contributed by atoms with Crippen LogP contribution in [-0.2, 0) is 0 Å². The fourth-order valence-corrected chi connectivity index (χ4v) is 3.94. The van der Waals surface area contributed by atoms with Gasteiger partial charge in [0, 0.05) is 55.8 Å². The topological polar surface area (TPSA) is 96.2 Å². The number of hydrogen-bond donors (Lipinski definition) is 3. The molecule has 1 aliphatic heterocycles. The monoisotopic (exact) mass is 424 g/mol. The van der Waals surface area contributed by atoms with E-state index in [2.05, 4.69) is 37.6 Å². The minimum Gasteiger partial charge on any atom is -0.397 e. The van der Waals surface area contributed by atoms with Gasteiger partial charge in [-0.25, -0.2) is 0 Å². The zero-order valence-corrected chi connectivity index (χ0v) is 17.6. The zero-order valence-electron chi connectivity index (χ0n) is 17.6. The Labute approximate surface area is 186 Å². The highest BCUT2D eigenvalue weighted by molar-refractivity contribution is 6.07. The number of anilines is 3. The summed E-state index contributed by atoms with van der Waals surface area (Å²) in [5.74, 6) is -0.246. The molecule has 7 nitrogen and oxygen atoms in total. The van der Waals surface area contributed by atoms with Gasteiger partial charge < -0.3 is 21.3 Å². The number of nitrogens with zero attached hydrogens (tertiary/aromatic N) is 3. The van der Waals surface area contributed by atoms with Crippen LogP contribution in [0.15, 0.2) is 73.2 Å². The molecule has 5 rings (SSSR count). The van der Waals surface area contributed by atoms with Crippen LogP contribution >= 0.6 is 0 Å². The third-order valence-corrected chi connectivity index (χ3v) is 5.73. The smallest absolute Gasteiger partial charge is 0.257 e. The number of pyridine rings is 2. The molecule has 0 bridgehead atoms. The lowest BCUT2D eigenvalue weighted by Gasteiger charge is -2.29. The number of piperazine rings is 1. The van der Waals surface area contributed by atoms with Crippen molar-refractivity contribution in [2.45, 2.75) is 0 Å². The molecule has 0 unspecified atom stereocenters. The summed E-state index contributed by atoms with van der Waals surface area (Å²) in [5, 5.41) is 7.22. The van der Waals surface area contributed by atoms with E-state index in [0.29, 0.717) is 16.9 Å². The van der Waals surface area contributed by atoms with Gasteiger partial charge in [0.05, 0.1) is 22.5 Å². The molecule has 4 N–H and O–H groups in total. The highest BCUT2D eigenvalue weighted by Gasteiger charge is 2.13. The molecule has 1 saturated heterocycles. The van der Waals surface area contributed by atoms with E-state index >= 15 is 0 Å². The maximum atomic E-state index is 12.9. The lowest BCUT2D eigenvalue weighted by molar-refractivity contribution is 0.102. The van der Waals surface area contributed by atoms with Gasteiger partial charge in [0.2, 0.25) is 0 Å². The zero-order chi connectivity index (χ0) is 21.9. The van der Waals surface area contributed by atoms with E-state index in [1.807, 2.05) is 36.4 Å². The van der Waals surface area contributed by atoms with Crippen molar-refractivity contribution < 1.29 is 4.79 Å². The first-order valence-corrected chi connectivity index (χ1v) is 10.6. The highest BCUT2D eigenvalue weighted by atomic mass is 16.1. The van der Waals surface area contributed by atoms with Gasteiger partial charge in [-0.3, -0.25) is 14.8 Å². The molecule has 0 saturated carbocycles. The SMILES string of the molecule is Nc1ccc(-c2ccncc2)cc1NC(=O)c1cnc2cc(N3CCNCC3)ccc2c1. The molecule has 0 radical (unpaired) electrons. The number of rotatable bonds is 4. The third-order valence-electron chi connectivity index (χ3n) is 5.73. The summed E-state index contributed by atoms with van der Waals surface area (Å²) in [6, 6.07) is 17.5. The first kappa shape index (κ1) is 20.0. The number of carbonyl (C=O) groups is 1. The fourth-order valence-electron chi connectivity index (χ4n) is 3.94. The van der Waals surface area contributed by atoms with Gasteiger partial charge in [-0.1, -0.05) is 12.1 Å². The molecule has 4 aromatic rings. The van der Waals surface area contributed by atoms with Gasteiger partial charge in [0.25, 0.3) is 5.91 Å². The number of nitrogens with two attached hydrogens (primary N) is 1. The summed E-state index contributed by atoms with van der Waals surface area (Å²) < 4.78 is 0. The maximum Gasteiger partial charge on any atom is 0.257 e. The van der Waals surface area contributed by atoms with Crippen molar-refractivity contribution in [3.63, 3.8) is 0 Å².